The summed E-state index contributed by atoms with van der Waals surface area (Å²) in [7, 11) is 0. The van der Waals surface area contributed by atoms with Crippen LogP contribution in [0.2, 0.25) is 0 Å². The monoisotopic (exact) mass is 271 g/mol. The van der Waals surface area contributed by atoms with E-state index in [0.29, 0.717) is 6.61 Å². The molecule has 0 aromatic carbocycles. The van der Waals surface area contributed by atoms with Gasteiger partial charge in [-0.2, -0.15) is 0 Å². The SMILES string of the molecule is CCOC(=O)N1CCN(CCCCNC(C)=O)CC1. The summed E-state index contributed by atoms with van der Waals surface area (Å²) in [5, 5.41) is 2.79. The van der Waals surface area contributed by atoms with E-state index in [0.717, 1.165) is 52.1 Å². The van der Waals surface area contributed by atoms with Gasteiger partial charge in [-0.05, 0) is 26.3 Å². The summed E-state index contributed by atoms with van der Waals surface area (Å²) in [4.78, 5) is 26.3. The Kier molecular flexibility index (Phi) is 7.25. The molecule has 0 radical (unpaired) electrons. The lowest BCUT2D eigenvalue weighted by atomic mass is 10.2. The number of nitrogens with one attached hydrogen (secondary N) is 1. The molecular weight excluding hydrogens is 246 g/mol. The number of nitrogens with zero attached hydrogens (tertiary/aromatic N) is 2. The first kappa shape index (κ1) is 15.8. The molecule has 1 aliphatic heterocycles. The molecule has 0 aliphatic carbocycles. The molecule has 1 heterocycles. The second-order valence-electron chi connectivity index (χ2n) is 4.72. The van der Waals surface area contributed by atoms with Crippen molar-refractivity contribution < 1.29 is 14.3 Å². The molecule has 0 aromatic heterocycles. The van der Waals surface area contributed by atoms with Crippen LogP contribution in [-0.2, 0) is 9.53 Å². The molecule has 1 rings (SSSR count). The summed E-state index contributed by atoms with van der Waals surface area (Å²) in [6.45, 7) is 8.85. The Balaban J connectivity index is 2.06. The molecule has 110 valence electrons. The van der Waals surface area contributed by atoms with E-state index in [4.69, 9.17) is 4.74 Å². The van der Waals surface area contributed by atoms with Gasteiger partial charge in [0.15, 0.2) is 0 Å². The number of carbonyl (C=O) groups excluding carboxylic acids is 2. The zero-order valence-electron chi connectivity index (χ0n) is 12.0. The molecule has 1 N–H and O–H groups in total. The van der Waals surface area contributed by atoms with Crippen LogP contribution in [0.15, 0.2) is 0 Å². The van der Waals surface area contributed by atoms with Crippen molar-refractivity contribution in [2.75, 3.05) is 45.9 Å². The maximum absolute atomic E-state index is 11.5. The number of carbonyl (C=O) groups is 2. The molecule has 6 heteroatoms. The fourth-order valence-corrected chi connectivity index (χ4v) is 2.09. The van der Waals surface area contributed by atoms with Crippen molar-refractivity contribution in [3.63, 3.8) is 0 Å². The van der Waals surface area contributed by atoms with Gasteiger partial charge in [-0.3, -0.25) is 9.69 Å². The van der Waals surface area contributed by atoms with Gasteiger partial charge in [0.2, 0.25) is 5.91 Å². The minimum absolute atomic E-state index is 0.0306. The van der Waals surface area contributed by atoms with Crippen LogP contribution in [-0.4, -0.2) is 67.7 Å². The van der Waals surface area contributed by atoms with E-state index < -0.39 is 0 Å². The lowest BCUT2D eigenvalue weighted by Crippen LogP contribution is -2.49. The Labute approximate surface area is 115 Å². The van der Waals surface area contributed by atoms with E-state index in [1.165, 1.54) is 6.92 Å². The van der Waals surface area contributed by atoms with Crippen LogP contribution in [0.4, 0.5) is 4.79 Å². The van der Waals surface area contributed by atoms with Crippen molar-refractivity contribution >= 4 is 12.0 Å². The highest BCUT2D eigenvalue weighted by Gasteiger charge is 2.21. The van der Waals surface area contributed by atoms with Gasteiger partial charge >= 0.3 is 6.09 Å². The number of rotatable bonds is 6. The molecule has 0 aromatic rings. The van der Waals surface area contributed by atoms with Crippen molar-refractivity contribution in [3.05, 3.63) is 0 Å². The van der Waals surface area contributed by atoms with E-state index >= 15 is 0 Å². The molecular formula is C13H25N3O3. The third-order valence-electron chi connectivity index (χ3n) is 3.17. The summed E-state index contributed by atoms with van der Waals surface area (Å²) in [6.07, 6.45) is 1.87. The third-order valence-corrected chi connectivity index (χ3v) is 3.17. The summed E-state index contributed by atoms with van der Waals surface area (Å²) in [6, 6.07) is 0. The molecule has 0 spiro atoms. The van der Waals surface area contributed by atoms with Gasteiger partial charge in [0, 0.05) is 39.6 Å². The first-order valence-electron chi connectivity index (χ1n) is 7.02. The van der Waals surface area contributed by atoms with Crippen LogP contribution in [0.1, 0.15) is 26.7 Å². The predicted octanol–water partition coefficient (Wildman–Crippen LogP) is 0.677. The van der Waals surface area contributed by atoms with E-state index in [9.17, 15) is 9.59 Å². The van der Waals surface area contributed by atoms with Crippen LogP contribution in [0.25, 0.3) is 0 Å². The zero-order valence-corrected chi connectivity index (χ0v) is 12.0. The normalized spacial score (nSPS) is 16.2. The highest BCUT2D eigenvalue weighted by molar-refractivity contribution is 5.72. The molecule has 0 unspecified atom stereocenters. The van der Waals surface area contributed by atoms with Gasteiger partial charge in [0.05, 0.1) is 6.61 Å². The van der Waals surface area contributed by atoms with Crippen LogP contribution in [0, 0.1) is 0 Å². The molecule has 1 saturated heterocycles. The van der Waals surface area contributed by atoms with Crippen molar-refractivity contribution in [1.29, 1.82) is 0 Å². The van der Waals surface area contributed by atoms with Gasteiger partial charge in [0.25, 0.3) is 0 Å². The molecule has 0 atom stereocenters. The number of unbranched alkanes of at least 4 members (excludes halogenated alkanes) is 1. The molecule has 6 nitrogen and oxygen atoms in total. The topological polar surface area (TPSA) is 61.9 Å². The molecule has 0 bridgehead atoms. The van der Waals surface area contributed by atoms with Crippen LogP contribution in [0.3, 0.4) is 0 Å². The van der Waals surface area contributed by atoms with Crippen molar-refractivity contribution in [3.8, 4) is 0 Å². The summed E-state index contributed by atoms with van der Waals surface area (Å²) < 4.78 is 4.98. The maximum Gasteiger partial charge on any atom is 0.409 e. The minimum Gasteiger partial charge on any atom is -0.450 e. The highest BCUT2D eigenvalue weighted by Crippen LogP contribution is 2.05. The zero-order chi connectivity index (χ0) is 14.1. The minimum atomic E-state index is -0.201. The molecule has 1 aliphatic rings. The number of amides is 2. The number of piperazine rings is 1. The largest absolute Gasteiger partial charge is 0.450 e. The first-order chi connectivity index (χ1) is 9.13. The molecule has 19 heavy (non-hydrogen) atoms. The third kappa shape index (κ3) is 6.42. The lowest BCUT2D eigenvalue weighted by molar-refractivity contribution is -0.118. The summed E-state index contributed by atoms with van der Waals surface area (Å²) >= 11 is 0. The number of ether oxygens (including phenoxy) is 1. The van der Waals surface area contributed by atoms with Gasteiger partial charge in [-0.15, -0.1) is 0 Å². The van der Waals surface area contributed by atoms with Gasteiger partial charge in [0.1, 0.15) is 0 Å². The van der Waals surface area contributed by atoms with E-state index in [1.807, 2.05) is 6.92 Å². The highest BCUT2D eigenvalue weighted by atomic mass is 16.6. The maximum atomic E-state index is 11.5. The van der Waals surface area contributed by atoms with Crippen LogP contribution >= 0.6 is 0 Å². The first-order valence-corrected chi connectivity index (χ1v) is 7.02. The quantitative estimate of drug-likeness (QED) is 0.722. The van der Waals surface area contributed by atoms with Crippen LogP contribution < -0.4 is 5.32 Å². The number of hydrogen-bond donors (Lipinski definition) is 1. The van der Waals surface area contributed by atoms with Gasteiger partial charge in [-0.1, -0.05) is 0 Å². The Morgan fingerprint density at radius 3 is 2.42 bits per heavy atom. The number of hydrogen-bond acceptors (Lipinski definition) is 4. The van der Waals surface area contributed by atoms with E-state index in [-0.39, 0.29) is 12.0 Å². The Morgan fingerprint density at radius 1 is 1.16 bits per heavy atom. The second-order valence-corrected chi connectivity index (χ2v) is 4.72. The Bertz CT molecular complexity index is 289. The van der Waals surface area contributed by atoms with Crippen molar-refractivity contribution in [2.45, 2.75) is 26.7 Å². The molecule has 2 amide bonds. The van der Waals surface area contributed by atoms with E-state index in [1.54, 1.807) is 4.90 Å². The van der Waals surface area contributed by atoms with Crippen molar-refractivity contribution in [2.24, 2.45) is 0 Å². The standard InChI is InChI=1S/C13H25N3O3/c1-3-19-13(18)16-10-8-15(9-11-16)7-5-4-6-14-12(2)17/h3-11H2,1-2H3,(H,14,17). The molecule has 0 saturated carbocycles. The van der Waals surface area contributed by atoms with Crippen LogP contribution in [0.5, 0.6) is 0 Å². The summed E-state index contributed by atoms with van der Waals surface area (Å²) in [5.41, 5.74) is 0. The van der Waals surface area contributed by atoms with Gasteiger partial charge < -0.3 is 15.0 Å². The summed E-state index contributed by atoms with van der Waals surface area (Å²) in [5.74, 6) is 0.0306. The average Bonchev–Trinajstić information content (AvgIpc) is 2.39. The van der Waals surface area contributed by atoms with E-state index in [2.05, 4.69) is 10.2 Å². The lowest BCUT2D eigenvalue weighted by Gasteiger charge is -2.33. The Hall–Kier alpha value is -1.30. The van der Waals surface area contributed by atoms with Gasteiger partial charge in [-0.25, -0.2) is 4.79 Å². The fraction of sp³-hybridized carbons (Fsp3) is 0.846. The average molecular weight is 271 g/mol. The second kappa shape index (κ2) is 8.74. The van der Waals surface area contributed by atoms with Crippen molar-refractivity contribution in [1.82, 2.24) is 15.1 Å². The molecule has 1 fully saturated rings. The fourth-order valence-electron chi connectivity index (χ4n) is 2.09. The smallest absolute Gasteiger partial charge is 0.409 e. The Morgan fingerprint density at radius 2 is 1.84 bits per heavy atom. The predicted molar refractivity (Wildman–Crippen MR) is 73.0 cm³/mol.